The molecule has 0 heterocycles. The summed E-state index contributed by atoms with van der Waals surface area (Å²) in [6, 6.07) is 0. The van der Waals surface area contributed by atoms with Gasteiger partial charge in [0.25, 0.3) is 0 Å². The first-order valence-corrected chi connectivity index (χ1v) is 1.95. The highest BCUT2D eigenvalue weighted by Crippen LogP contribution is 1.71. The molecule has 0 saturated carbocycles. The van der Waals surface area contributed by atoms with Crippen molar-refractivity contribution < 1.29 is 9.84 Å². The minimum absolute atomic E-state index is 0.221. The zero-order valence-electron chi connectivity index (χ0n) is 3.72. The standard InChI is InChI=1S/C4H10O2/c1-6-4-2-3-5/h5-6H,1-4H2. The second kappa shape index (κ2) is 4.92. The number of ether oxygens (including phenoxy) is 1. The van der Waals surface area contributed by atoms with E-state index in [0.717, 1.165) is 6.42 Å². The van der Waals surface area contributed by atoms with Crippen LogP contribution in [0.1, 0.15) is 6.42 Å². The average Bonchev–Trinajstić information content (AvgIpc) is 1.61. The lowest BCUT2D eigenvalue weighted by Gasteiger charge is -1.93. The Kier molecular flexibility index (Phi) is 4.85. The van der Waals surface area contributed by atoms with Gasteiger partial charge >= 0.3 is 0 Å². The fourth-order valence-corrected chi connectivity index (χ4v) is 0.183. The first-order valence-electron chi connectivity index (χ1n) is 1.95. The third-order valence-corrected chi connectivity index (χ3v) is 0.474. The lowest BCUT2D eigenvalue weighted by atomic mass is 10.5. The molecule has 0 aromatic heterocycles. The molecule has 0 aliphatic carbocycles. The summed E-state index contributed by atoms with van der Waals surface area (Å²) in [5.74, 6) is 0. The molecule has 2 heteroatoms. The van der Waals surface area contributed by atoms with Crippen LogP contribution in [-0.4, -0.2) is 23.1 Å². The molecule has 0 aromatic rings. The highest BCUT2D eigenvalue weighted by atomic mass is 16.5. The van der Waals surface area contributed by atoms with E-state index in [9.17, 15) is 0 Å². The molecule has 0 saturated heterocycles. The minimum Gasteiger partial charge on any atom is -0.582 e. The summed E-state index contributed by atoms with van der Waals surface area (Å²) in [6.45, 7) is 0.898. The number of aliphatic hydroxyl groups is 3. The summed E-state index contributed by atoms with van der Waals surface area (Å²) in [5, 5.41) is 8.11. The van der Waals surface area contributed by atoms with Crippen molar-refractivity contribution in [2.45, 2.75) is 6.42 Å². The third-order valence-electron chi connectivity index (χ3n) is 0.474. The van der Waals surface area contributed by atoms with Crippen molar-refractivity contribution in [3.8, 4) is 0 Å². The molecular formula is C4H10O2. The molecule has 0 aliphatic heterocycles. The van der Waals surface area contributed by atoms with Crippen molar-refractivity contribution >= 4 is 0 Å². The van der Waals surface area contributed by atoms with Crippen LogP contribution in [0.25, 0.3) is 0 Å². The first kappa shape index (κ1) is 5.92. The molecule has 0 radical (unpaired) electrons. The molecular weight excluding hydrogens is 80.0 g/mol. The van der Waals surface area contributed by atoms with Gasteiger partial charge in [0.1, 0.15) is 6.61 Å². The van der Waals surface area contributed by atoms with Crippen molar-refractivity contribution in [2.75, 3.05) is 13.2 Å². The van der Waals surface area contributed by atoms with Crippen LogP contribution < -0.4 is 0 Å². The van der Waals surface area contributed by atoms with Crippen LogP contribution in [0.4, 0.5) is 0 Å². The SMILES string of the molecule is [CH2-][OH+]CCCO. The lowest BCUT2D eigenvalue weighted by molar-refractivity contribution is 0.0445. The highest BCUT2D eigenvalue weighted by Gasteiger charge is 1.76. The van der Waals surface area contributed by atoms with E-state index in [-0.39, 0.29) is 6.61 Å². The summed E-state index contributed by atoms with van der Waals surface area (Å²) in [4.78, 5) is 0. The van der Waals surface area contributed by atoms with Crippen LogP contribution >= 0.6 is 0 Å². The fraction of sp³-hybridized carbons (Fsp3) is 0.750. The van der Waals surface area contributed by atoms with Gasteiger partial charge in [-0.25, -0.2) is 0 Å². The number of hydrogen-bond acceptors (Lipinski definition) is 1. The van der Waals surface area contributed by atoms with Gasteiger partial charge in [-0.15, -0.1) is 0 Å². The average molecular weight is 90.1 g/mol. The Morgan fingerprint density at radius 2 is 2.33 bits per heavy atom. The van der Waals surface area contributed by atoms with Gasteiger partial charge in [0.05, 0.1) is 6.61 Å². The molecule has 0 spiro atoms. The molecule has 6 heavy (non-hydrogen) atoms. The molecule has 0 unspecified atom stereocenters. The molecule has 0 bridgehead atoms. The molecule has 0 aliphatic rings. The molecule has 0 aromatic carbocycles. The monoisotopic (exact) mass is 90.1 g/mol. The normalized spacial score (nSPS) is 9.00. The summed E-state index contributed by atoms with van der Waals surface area (Å²) in [7, 11) is 3.24. The van der Waals surface area contributed by atoms with Gasteiger partial charge in [0.15, 0.2) is 0 Å². The minimum atomic E-state index is 0.221. The van der Waals surface area contributed by atoms with Crippen molar-refractivity contribution in [1.29, 1.82) is 0 Å². The van der Waals surface area contributed by atoms with Crippen LogP contribution in [0.5, 0.6) is 0 Å². The van der Waals surface area contributed by atoms with Gasteiger partial charge in [0.2, 0.25) is 0 Å². The van der Waals surface area contributed by atoms with Crippen molar-refractivity contribution in [2.24, 2.45) is 0 Å². The summed E-state index contributed by atoms with van der Waals surface area (Å²) >= 11 is 0. The Balaban J connectivity index is 2.34. The van der Waals surface area contributed by atoms with E-state index < -0.39 is 0 Å². The third kappa shape index (κ3) is 3.92. The smallest absolute Gasteiger partial charge is 0.121 e. The first-order chi connectivity index (χ1) is 2.91. The number of aliphatic hydroxyl groups excluding tert-OH is 1. The quantitative estimate of drug-likeness (QED) is 0.288. The van der Waals surface area contributed by atoms with Gasteiger partial charge in [0, 0.05) is 6.42 Å². The van der Waals surface area contributed by atoms with E-state index in [2.05, 4.69) is 11.8 Å². The van der Waals surface area contributed by atoms with E-state index in [4.69, 9.17) is 5.11 Å². The second-order valence-electron chi connectivity index (χ2n) is 1.02. The Labute approximate surface area is 37.7 Å². The van der Waals surface area contributed by atoms with Crippen molar-refractivity contribution in [1.82, 2.24) is 0 Å². The number of rotatable bonds is 3. The van der Waals surface area contributed by atoms with Crippen LogP contribution in [0.3, 0.4) is 0 Å². The van der Waals surface area contributed by atoms with Crippen LogP contribution in [-0.2, 0) is 0 Å². The van der Waals surface area contributed by atoms with E-state index in [0.29, 0.717) is 6.61 Å². The van der Waals surface area contributed by atoms with Gasteiger partial charge in [-0.1, -0.05) is 7.11 Å². The summed E-state index contributed by atoms with van der Waals surface area (Å²) in [6.07, 6.45) is 0.740. The topological polar surface area (TPSA) is 33.0 Å². The zero-order chi connectivity index (χ0) is 4.83. The van der Waals surface area contributed by atoms with Crippen LogP contribution in [0.15, 0.2) is 0 Å². The maximum Gasteiger partial charge on any atom is 0.121 e. The Hall–Kier alpha value is -0.0800. The van der Waals surface area contributed by atoms with Gasteiger partial charge in [-0.3, -0.25) is 0 Å². The van der Waals surface area contributed by atoms with E-state index >= 15 is 0 Å². The van der Waals surface area contributed by atoms with Crippen molar-refractivity contribution in [3.05, 3.63) is 7.11 Å². The molecule has 0 atom stereocenters. The largest absolute Gasteiger partial charge is 0.582 e. The Morgan fingerprint density at radius 1 is 1.67 bits per heavy atom. The predicted octanol–water partition coefficient (Wildman–Crippen LogP) is -0.312. The maximum absolute atomic E-state index is 8.11. The second-order valence-corrected chi connectivity index (χ2v) is 1.02. The molecule has 0 amide bonds. The molecule has 2 N–H and O–H groups in total. The Morgan fingerprint density at radius 3 is 2.50 bits per heavy atom. The number of hydrogen-bond donors (Lipinski definition) is 1. The van der Waals surface area contributed by atoms with Gasteiger partial charge in [-0.05, 0) is 0 Å². The van der Waals surface area contributed by atoms with Gasteiger partial charge < -0.3 is 9.84 Å². The summed E-state index contributed by atoms with van der Waals surface area (Å²) < 4.78 is 3.52. The van der Waals surface area contributed by atoms with Crippen LogP contribution in [0, 0.1) is 7.11 Å². The fourth-order valence-electron chi connectivity index (χ4n) is 0.183. The van der Waals surface area contributed by atoms with E-state index in [1.165, 1.54) is 0 Å². The maximum atomic E-state index is 8.11. The predicted molar refractivity (Wildman–Crippen MR) is 24.1 cm³/mol. The molecule has 2 nitrogen and oxygen atoms in total. The Bertz CT molecular complexity index is 17.5. The molecule has 0 fully saturated rings. The van der Waals surface area contributed by atoms with E-state index in [1.54, 1.807) is 0 Å². The van der Waals surface area contributed by atoms with E-state index in [1.807, 2.05) is 0 Å². The van der Waals surface area contributed by atoms with Crippen LogP contribution in [0.2, 0.25) is 0 Å². The lowest BCUT2D eigenvalue weighted by Crippen LogP contribution is -1.93. The highest BCUT2D eigenvalue weighted by molar-refractivity contribution is 4.25. The van der Waals surface area contributed by atoms with Crippen molar-refractivity contribution in [3.63, 3.8) is 0 Å². The molecule has 0 rings (SSSR count). The zero-order valence-corrected chi connectivity index (χ0v) is 3.72. The molecule has 38 valence electrons. The van der Waals surface area contributed by atoms with Gasteiger partial charge in [-0.2, -0.15) is 0 Å². The summed E-state index contributed by atoms with van der Waals surface area (Å²) in [5.41, 5.74) is 0.